The molecule has 1 unspecified atom stereocenters. The average Bonchev–Trinajstić information content (AvgIpc) is 2.54. The van der Waals surface area contributed by atoms with Crippen molar-refractivity contribution in [2.24, 2.45) is 0 Å². The van der Waals surface area contributed by atoms with Gasteiger partial charge >= 0.3 is 0 Å². The van der Waals surface area contributed by atoms with Crippen LogP contribution in [0.15, 0.2) is 29.8 Å². The number of benzene rings is 1. The largest absolute Gasteiger partial charge is 0.393 e. The van der Waals surface area contributed by atoms with E-state index < -0.39 is 0 Å². The van der Waals surface area contributed by atoms with Crippen LogP contribution in [0.2, 0.25) is 0 Å². The first-order chi connectivity index (χ1) is 10.9. The molecule has 1 amide bonds. The van der Waals surface area contributed by atoms with Gasteiger partial charge in [-0.1, -0.05) is 6.08 Å². The molecule has 4 nitrogen and oxygen atoms in total. The van der Waals surface area contributed by atoms with Gasteiger partial charge in [0.05, 0.1) is 12.1 Å². The Labute approximate surface area is 137 Å². The van der Waals surface area contributed by atoms with Crippen molar-refractivity contribution in [3.05, 3.63) is 41.2 Å². The third kappa shape index (κ3) is 4.32. The van der Waals surface area contributed by atoms with Crippen LogP contribution in [0.5, 0.6) is 0 Å². The Balaban J connectivity index is 2.23. The van der Waals surface area contributed by atoms with E-state index in [9.17, 15) is 14.3 Å². The van der Waals surface area contributed by atoms with Gasteiger partial charge in [-0.15, -0.1) is 0 Å². The Bertz CT molecular complexity index is 593. The van der Waals surface area contributed by atoms with Crippen molar-refractivity contribution in [2.75, 3.05) is 18.0 Å². The molecule has 1 saturated heterocycles. The molecule has 2 N–H and O–H groups in total. The molecule has 1 heterocycles. The number of nitrogens with zero attached hydrogens (tertiary/aromatic N) is 1. The molecule has 1 aliphatic heterocycles. The average molecular weight is 320 g/mol. The molecule has 0 saturated carbocycles. The standard InChI is InChI=1S/C18H25FN2O2/c1-4-12(2)18(23)20-13(3)16-11-14(19)5-6-17(16)21-9-7-15(22)8-10-21/h4-6,11,13,15,22H,7-10H2,1-3H3,(H,20,23). The van der Waals surface area contributed by atoms with Crippen molar-refractivity contribution in [1.29, 1.82) is 0 Å². The molecular formula is C18H25FN2O2. The number of amides is 1. The molecule has 23 heavy (non-hydrogen) atoms. The molecule has 1 aromatic rings. The third-order valence-electron chi connectivity index (χ3n) is 4.40. The van der Waals surface area contributed by atoms with Gasteiger partial charge in [0.15, 0.2) is 0 Å². The summed E-state index contributed by atoms with van der Waals surface area (Å²) in [5, 5.41) is 12.6. The van der Waals surface area contributed by atoms with Crippen LogP contribution < -0.4 is 10.2 Å². The molecule has 1 aromatic carbocycles. The Kier molecular flexibility index (Phi) is 5.77. The Morgan fingerprint density at radius 1 is 1.43 bits per heavy atom. The van der Waals surface area contributed by atoms with Gasteiger partial charge < -0.3 is 15.3 Å². The minimum atomic E-state index is -0.315. The molecular weight excluding hydrogens is 295 g/mol. The second kappa shape index (κ2) is 7.59. The van der Waals surface area contributed by atoms with Crippen molar-refractivity contribution in [3.63, 3.8) is 0 Å². The van der Waals surface area contributed by atoms with Gasteiger partial charge in [0.25, 0.3) is 0 Å². The lowest BCUT2D eigenvalue weighted by Gasteiger charge is -2.34. The van der Waals surface area contributed by atoms with Crippen LogP contribution in [0.4, 0.5) is 10.1 Å². The number of allylic oxidation sites excluding steroid dienone is 1. The van der Waals surface area contributed by atoms with Crippen molar-refractivity contribution in [3.8, 4) is 0 Å². The fourth-order valence-electron chi connectivity index (χ4n) is 2.79. The van der Waals surface area contributed by atoms with Crippen LogP contribution in [-0.4, -0.2) is 30.2 Å². The Hall–Kier alpha value is -1.88. The van der Waals surface area contributed by atoms with Crippen LogP contribution in [0.1, 0.15) is 45.2 Å². The number of nitrogens with one attached hydrogen (secondary N) is 1. The van der Waals surface area contributed by atoms with E-state index in [0.29, 0.717) is 18.4 Å². The van der Waals surface area contributed by atoms with Crippen LogP contribution in [0, 0.1) is 5.82 Å². The van der Waals surface area contributed by atoms with Gasteiger partial charge in [-0.05, 0) is 51.8 Å². The number of aliphatic hydroxyl groups excluding tert-OH is 1. The van der Waals surface area contributed by atoms with Gasteiger partial charge in [0.1, 0.15) is 5.82 Å². The summed E-state index contributed by atoms with van der Waals surface area (Å²) in [6.07, 6.45) is 2.90. The number of carbonyl (C=O) groups is 1. The van der Waals surface area contributed by atoms with Crippen molar-refractivity contribution >= 4 is 11.6 Å². The Morgan fingerprint density at radius 3 is 2.70 bits per heavy atom. The highest BCUT2D eigenvalue weighted by molar-refractivity contribution is 5.93. The first-order valence-corrected chi connectivity index (χ1v) is 8.08. The molecule has 0 aromatic heterocycles. The summed E-state index contributed by atoms with van der Waals surface area (Å²) < 4.78 is 13.7. The van der Waals surface area contributed by atoms with Crippen LogP contribution in [0.25, 0.3) is 0 Å². The summed E-state index contributed by atoms with van der Waals surface area (Å²) >= 11 is 0. The van der Waals surface area contributed by atoms with Gasteiger partial charge in [0.2, 0.25) is 5.91 Å². The summed E-state index contributed by atoms with van der Waals surface area (Å²) in [7, 11) is 0. The monoisotopic (exact) mass is 320 g/mol. The van der Waals surface area contributed by atoms with E-state index in [1.54, 1.807) is 19.1 Å². The highest BCUT2D eigenvalue weighted by atomic mass is 19.1. The SMILES string of the molecule is CC=C(C)C(=O)NC(C)c1cc(F)ccc1N1CCC(O)CC1. The highest BCUT2D eigenvalue weighted by Gasteiger charge is 2.22. The highest BCUT2D eigenvalue weighted by Crippen LogP contribution is 2.29. The predicted octanol–water partition coefficient (Wildman–Crippen LogP) is 2.93. The number of piperidine rings is 1. The second-order valence-corrected chi connectivity index (χ2v) is 6.09. The number of anilines is 1. The lowest BCUT2D eigenvalue weighted by molar-refractivity contribution is -0.118. The summed E-state index contributed by atoms with van der Waals surface area (Å²) in [5.41, 5.74) is 2.32. The zero-order chi connectivity index (χ0) is 17.0. The minimum Gasteiger partial charge on any atom is -0.393 e. The van der Waals surface area contributed by atoms with Crippen LogP contribution in [-0.2, 0) is 4.79 Å². The molecule has 0 radical (unpaired) electrons. The quantitative estimate of drug-likeness (QED) is 0.839. The Morgan fingerprint density at radius 2 is 2.09 bits per heavy atom. The summed E-state index contributed by atoms with van der Waals surface area (Å²) in [6.45, 7) is 6.88. The topological polar surface area (TPSA) is 52.6 Å². The molecule has 1 fully saturated rings. The van der Waals surface area contributed by atoms with E-state index >= 15 is 0 Å². The maximum absolute atomic E-state index is 13.7. The zero-order valence-electron chi connectivity index (χ0n) is 14.0. The molecule has 1 aliphatic rings. The smallest absolute Gasteiger partial charge is 0.247 e. The molecule has 0 aliphatic carbocycles. The van der Waals surface area contributed by atoms with E-state index in [4.69, 9.17) is 0 Å². The lowest BCUT2D eigenvalue weighted by atomic mass is 10.0. The number of aliphatic hydroxyl groups is 1. The summed E-state index contributed by atoms with van der Waals surface area (Å²) in [4.78, 5) is 14.2. The maximum Gasteiger partial charge on any atom is 0.247 e. The number of hydrogen-bond donors (Lipinski definition) is 2. The predicted molar refractivity (Wildman–Crippen MR) is 89.8 cm³/mol. The zero-order valence-corrected chi connectivity index (χ0v) is 14.0. The lowest BCUT2D eigenvalue weighted by Crippen LogP contribution is -2.37. The van der Waals surface area contributed by atoms with E-state index in [1.807, 2.05) is 13.8 Å². The third-order valence-corrected chi connectivity index (χ3v) is 4.40. The minimum absolute atomic E-state index is 0.149. The second-order valence-electron chi connectivity index (χ2n) is 6.09. The van der Waals surface area contributed by atoms with E-state index in [-0.39, 0.29) is 23.9 Å². The van der Waals surface area contributed by atoms with E-state index in [2.05, 4.69) is 10.2 Å². The summed E-state index contributed by atoms with van der Waals surface area (Å²) in [6, 6.07) is 4.38. The number of carbonyl (C=O) groups excluding carboxylic acids is 1. The maximum atomic E-state index is 13.7. The van der Waals surface area contributed by atoms with E-state index in [1.165, 1.54) is 12.1 Å². The normalized spacial score (nSPS) is 18.0. The van der Waals surface area contributed by atoms with Crippen LogP contribution in [0.3, 0.4) is 0 Å². The molecule has 0 bridgehead atoms. The van der Waals surface area contributed by atoms with Crippen molar-refractivity contribution in [2.45, 2.75) is 45.8 Å². The van der Waals surface area contributed by atoms with Crippen molar-refractivity contribution in [1.82, 2.24) is 5.32 Å². The number of hydrogen-bond acceptors (Lipinski definition) is 3. The first kappa shape index (κ1) is 17.5. The van der Waals surface area contributed by atoms with Gasteiger partial charge in [0, 0.05) is 29.9 Å². The summed E-state index contributed by atoms with van der Waals surface area (Å²) in [5.74, 6) is -0.464. The fourth-order valence-corrected chi connectivity index (χ4v) is 2.79. The van der Waals surface area contributed by atoms with Gasteiger partial charge in [-0.3, -0.25) is 4.79 Å². The van der Waals surface area contributed by atoms with Gasteiger partial charge in [-0.25, -0.2) is 4.39 Å². The van der Waals surface area contributed by atoms with Crippen molar-refractivity contribution < 1.29 is 14.3 Å². The number of rotatable bonds is 4. The van der Waals surface area contributed by atoms with Gasteiger partial charge in [-0.2, -0.15) is 0 Å². The number of halogens is 1. The molecule has 5 heteroatoms. The fraction of sp³-hybridized carbons (Fsp3) is 0.500. The molecule has 0 spiro atoms. The van der Waals surface area contributed by atoms with E-state index in [0.717, 1.165) is 24.3 Å². The molecule has 1 atom stereocenters. The van der Waals surface area contributed by atoms with Crippen LogP contribution >= 0.6 is 0 Å². The molecule has 126 valence electrons. The molecule has 2 rings (SSSR count). The first-order valence-electron chi connectivity index (χ1n) is 8.08.